The van der Waals surface area contributed by atoms with Crippen LogP contribution in [-0.4, -0.2) is 4.57 Å². The van der Waals surface area contributed by atoms with Crippen molar-refractivity contribution < 1.29 is 0 Å². The maximum absolute atomic E-state index is 11.6. The Bertz CT molecular complexity index is 500. The molecule has 0 aromatic carbocycles. The summed E-state index contributed by atoms with van der Waals surface area (Å²) >= 11 is 0. The Morgan fingerprint density at radius 3 is 2.86 bits per heavy atom. The van der Waals surface area contributed by atoms with E-state index in [-0.39, 0.29) is 12.1 Å². The van der Waals surface area contributed by atoms with Gasteiger partial charge in [-0.15, -0.1) is 6.42 Å². The molecule has 0 fully saturated rings. The number of rotatable bonds is 1. The number of hydrogen-bond acceptors (Lipinski definition) is 3. The highest BCUT2D eigenvalue weighted by Crippen LogP contribution is 2.10. The normalized spacial score (nSPS) is 9.07. The second kappa shape index (κ2) is 3.68. The van der Waals surface area contributed by atoms with Gasteiger partial charge in [0.05, 0.1) is 12.2 Å². The number of anilines is 1. The molecule has 1 heterocycles. The van der Waals surface area contributed by atoms with E-state index in [9.17, 15) is 4.79 Å². The van der Waals surface area contributed by atoms with Crippen molar-refractivity contribution in [3.63, 3.8) is 0 Å². The summed E-state index contributed by atoms with van der Waals surface area (Å²) in [5, 5.41) is 8.75. The minimum Gasteiger partial charge on any atom is -0.397 e. The van der Waals surface area contributed by atoms with E-state index in [1.54, 1.807) is 6.92 Å². The molecule has 1 aromatic heterocycles. The van der Waals surface area contributed by atoms with Crippen LogP contribution < -0.4 is 11.3 Å². The Balaban J connectivity index is 3.55. The molecular formula is C10H9N3O. The standard InChI is InChI=1S/C10H9N3O/c1-3-4-13-6-9(12)7(2)8(5-11)10(13)14/h1,6H,4,12H2,2H3. The molecule has 0 atom stereocenters. The summed E-state index contributed by atoms with van der Waals surface area (Å²) in [6.45, 7) is 1.76. The number of nitrogens with two attached hydrogens (primary N) is 1. The fraction of sp³-hybridized carbons (Fsp3) is 0.200. The maximum atomic E-state index is 11.6. The zero-order chi connectivity index (χ0) is 10.7. The summed E-state index contributed by atoms with van der Waals surface area (Å²) in [7, 11) is 0. The number of terminal acetylenes is 1. The molecule has 4 nitrogen and oxygen atoms in total. The van der Waals surface area contributed by atoms with E-state index < -0.39 is 5.56 Å². The first-order valence-corrected chi connectivity index (χ1v) is 3.95. The Labute approximate surface area is 81.6 Å². The fourth-order valence-corrected chi connectivity index (χ4v) is 1.12. The van der Waals surface area contributed by atoms with Crippen LogP contribution in [0.25, 0.3) is 0 Å². The van der Waals surface area contributed by atoms with Crippen LogP contribution in [0.15, 0.2) is 11.0 Å². The average molecular weight is 187 g/mol. The number of nitrogen functional groups attached to an aromatic ring is 1. The van der Waals surface area contributed by atoms with Gasteiger partial charge in [-0.3, -0.25) is 4.79 Å². The number of pyridine rings is 1. The molecule has 14 heavy (non-hydrogen) atoms. The van der Waals surface area contributed by atoms with Crippen molar-refractivity contribution in [3.8, 4) is 18.4 Å². The summed E-state index contributed by atoms with van der Waals surface area (Å²) in [6.07, 6.45) is 6.53. The third kappa shape index (κ3) is 1.46. The van der Waals surface area contributed by atoms with E-state index in [4.69, 9.17) is 17.4 Å². The first-order chi connectivity index (χ1) is 6.61. The van der Waals surface area contributed by atoms with Gasteiger partial charge in [-0.25, -0.2) is 0 Å². The quantitative estimate of drug-likeness (QED) is 0.640. The van der Waals surface area contributed by atoms with Crippen molar-refractivity contribution >= 4 is 5.69 Å². The Hall–Kier alpha value is -2.20. The van der Waals surface area contributed by atoms with Crippen molar-refractivity contribution in [1.29, 1.82) is 5.26 Å². The van der Waals surface area contributed by atoms with E-state index in [1.165, 1.54) is 10.8 Å². The van der Waals surface area contributed by atoms with Crippen LogP contribution in [0, 0.1) is 30.6 Å². The largest absolute Gasteiger partial charge is 0.397 e. The lowest BCUT2D eigenvalue weighted by molar-refractivity contribution is 0.792. The van der Waals surface area contributed by atoms with E-state index in [2.05, 4.69) is 5.92 Å². The lowest BCUT2D eigenvalue weighted by atomic mass is 10.1. The van der Waals surface area contributed by atoms with Gasteiger partial charge in [0, 0.05) is 6.20 Å². The van der Waals surface area contributed by atoms with Crippen LogP contribution in [0.2, 0.25) is 0 Å². The molecule has 0 aliphatic heterocycles. The molecule has 0 unspecified atom stereocenters. The molecule has 0 bridgehead atoms. The Morgan fingerprint density at radius 2 is 2.36 bits per heavy atom. The average Bonchev–Trinajstić information content (AvgIpc) is 2.16. The molecule has 1 aromatic rings. The highest BCUT2D eigenvalue weighted by molar-refractivity contribution is 5.52. The molecule has 1 rings (SSSR count). The van der Waals surface area contributed by atoms with E-state index in [0.717, 1.165) is 0 Å². The second-order valence-electron chi connectivity index (χ2n) is 2.83. The fourth-order valence-electron chi connectivity index (χ4n) is 1.12. The molecule has 2 N–H and O–H groups in total. The van der Waals surface area contributed by atoms with Crippen LogP contribution in [0.1, 0.15) is 11.1 Å². The maximum Gasteiger partial charge on any atom is 0.269 e. The van der Waals surface area contributed by atoms with Gasteiger partial charge in [0.25, 0.3) is 5.56 Å². The van der Waals surface area contributed by atoms with Crippen LogP contribution in [-0.2, 0) is 6.54 Å². The molecule has 0 saturated heterocycles. The monoisotopic (exact) mass is 187 g/mol. The molecule has 0 aliphatic rings. The van der Waals surface area contributed by atoms with Crippen molar-refractivity contribution in [3.05, 3.63) is 27.7 Å². The van der Waals surface area contributed by atoms with Crippen molar-refractivity contribution in [1.82, 2.24) is 4.57 Å². The summed E-state index contributed by atoms with van der Waals surface area (Å²) in [5.74, 6) is 2.32. The van der Waals surface area contributed by atoms with Crippen molar-refractivity contribution in [2.45, 2.75) is 13.5 Å². The molecule has 70 valence electrons. The predicted octanol–water partition coefficient (Wildman–Crippen LogP) is 0.244. The minimum absolute atomic E-state index is 0.0558. The van der Waals surface area contributed by atoms with Gasteiger partial charge in [-0.2, -0.15) is 5.26 Å². The molecule has 4 heteroatoms. The molecule has 0 saturated carbocycles. The van der Waals surface area contributed by atoms with Crippen LogP contribution in [0.3, 0.4) is 0 Å². The highest BCUT2D eigenvalue weighted by atomic mass is 16.1. The van der Waals surface area contributed by atoms with Gasteiger partial charge in [0.2, 0.25) is 0 Å². The van der Waals surface area contributed by atoms with Gasteiger partial charge in [-0.1, -0.05) is 5.92 Å². The van der Waals surface area contributed by atoms with Crippen LogP contribution >= 0.6 is 0 Å². The highest BCUT2D eigenvalue weighted by Gasteiger charge is 2.09. The third-order valence-corrected chi connectivity index (χ3v) is 1.95. The number of nitriles is 1. The minimum atomic E-state index is -0.392. The van der Waals surface area contributed by atoms with Crippen molar-refractivity contribution in [2.24, 2.45) is 0 Å². The summed E-state index contributed by atoms with van der Waals surface area (Å²) < 4.78 is 1.25. The van der Waals surface area contributed by atoms with Gasteiger partial charge in [0.1, 0.15) is 11.6 Å². The molecule has 0 aliphatic carbocycles. The lowest BCUT2D eigenvalue weighted by Gasteiger charge is -2.06. The van der Waals surface area contributed by atoms with E-state index in [1.807, 2.05) is 6.07 Å². The van der Waals surface area contributed by atoms with Gasteiger partial charge in [0.15, 0.2) is 0 Å². The number of nitrogens with zero attached hydrogens (tertiary/aromatic N) is 2. The summed E-state index contributed by atoms with van der Waals surface area (Å²) in [4.78, 5) is 11.6. The molecule has 0 radical (unpaired) electrons. The lowest BCUT2D eigenvalue weighted by Crippen LogP contribution is -2.23. The SMILES string of the molecule is C#CCn1cc(N)c(C)c(C#N)c1=O. The summed E-state index contributed by atoms with van der Waals surface area (Å²) in [5.41, 5.74) is 6.19. The first-order valence-electron chi connectivity index (χ1n) is 3.95. The van der Waals surface area contributed by atoms with Crippen LogP contribution in [0.4, 0.5) is 5.69 Å². The smallest absolute Gasteiger partial charge is 0.269 e. The Morgan fingerprint density at radius 1 is 1.71 bits per heavy atom. The molecule has 0 spiro atoms. The van der Waals surface area contributed by atoms with E-state index in [0.29, 0.717) is 11.3 Å². The molecular weight excluding hydrogens is 178 g/mol. The second-order valence-corrected chi connectivity index (χ2v) is 2.83. The van der Waals surface area contributed by atoms with Crippen molar-refractivity contribution in [2.75, 3.05) is 5.73 Å². The zero-order valence-electron chi connectivity index (χ0n) is 7.74. The summed E-state index contributed by atoms with van der Waals surface area (Å²) in [6, 6.07) is 1.82. The number of hydrogen-bond donors (Lipinski definition) is 1. The zero-order valence-corrected chi connectivity index (χ0v) is 7.74. The van der Waals surface area contributed by atoms with E-state index >= 15 is 0 Å². The van der Waals surface area contributed by atoms with Crippen LogP contribution in [0.5, 0.6) is 0 Å². The predicted molar refractivity (Wildman–Crippen MR) is 53.4 cm³/mol. The first kappa shape index (κ1) is 9.88. The number of aromatic nitrogens is 1. The third-order valence-electron chi connectivity index (χ3n) is 1.95. The topological polar surface area (TPSA) is 71.8 Å². The van der Waals surface area contributed by atoms with Gasteiger partial charge in [-0.05, 0) is 12.5 Å². The Kier molecular flexibility index (Phi) is 2.59. The van der Waals surface area contributed by atoms with Gasteiger partial charge >= 0.3 is 0 Å². The van der Waals surface area contributed by atoms with Gasteiger partial charge < -0.3 is 10.3 Å². The molecule has 0 amide bonds.